The van der Waals surface area contributed by atoms with Crippen LogP contribution in [0.5, 0.6) is 5.75 Å². The van der Waals surface area contributed by atoms with Crippen LogP contribution < -0.4 is 14.1 Å². The number of sulfonamides is 1. The summed E-state index contributed by atoms with van der Waals surface area (Å²) in [6, 6.07) is 6.86. The average Bonchev–Trinajstić information content (AvgIpc) is 1.74. The van der Waals surface area contributed by atoms with Gasteiger partial charge in [-0.15, -0.1) is 0 Å². The lowest BCUT2D eigenvalue weighted by molar-refractivity contribution is -0.144. The molecule has 2 unspecified atom stereocenters. The minimum Gasteiger partial charge on any atom is -0.404 e. The second-order valence-electron chi connectivity index (χ2n) is 23.1. The number of rotatable bonds is 21. The highest BCUT2D eigenvalue weighted by atomic mass is 35.5. The Bertz CT molecular complexity index is 4130. The molecular formula is C53H56ClF10N7O13P2S2. The van der Waals surface area contributed by atoms with Crippen LogP contribution in [0.3, 0.4) is 0 Å². The molecule has 0 radical (unpaired) electrons. The van der Waals surface area contributed by atoms with Crippen molar-refractivity contribution in [2.45, 2.75) is 133 Å². The fraction of sp³-hybridized carbons (Fsp3) is 0.453. The van der Waals surface area contributed by atoms with Crippen molar-refractivity contribution in [3.05, 3.63) is 122 Å². The van der Waals surface area contributed by atoms with E-state index in [0.717, 1.165) is 36.6 Å². The van der Waals surface area contributed by atoms with E-state index in [2.05, 4.69) is 15.5 Å². The fourth-order valence-electron chi connectivity index (χ4n) is 11.4. The first-order chi connectivity index (χ1) is 40.1. The maximum atomic E-state index is 16.0. The van der Waals surface area contributed by atoms with Crippen molar-refractivity contribution >= 4 is 75.4 Å². The van der Waals surface area contributed by atoms with E-state index in [1.54, 1.807) is 0 Å². The number of aryl methyl sites for hydroxylation is 2. The Morgan fingerprint density at radius 3 is 2.05 bits per heavy atom. The number of nitrogens with one attached hydrogen (secondary N) is 1. The molecule has 2 aliphatic rings. The standard InChI is InChI=1S/C53H56ClF10N7O13P2S2/c1-26-16-28(24-85(74,75)76)20-38(84-86(77,78)79)43(26)49(2,3)22-40(73)71(88(7,82)83)48-42-36(54)13-11-33(45(42)70(68-48)25-51(57,58)59)32-9-8-31(14-15-50(4,5)87(6,80)81)65-44(32)37(19-27-17-29(55)21-30(56)18-27)66-39(72)23-69-47-41(46(67-69)53(62,63)64)34-10-12-35(34)52(47,60)61/h8-9,11,13,16-18,20-21,34-35,37H,10,12,14-15,19,22-25H2,1-7H3,(H,66,72)(H2,74,75,76)(H2,77,78,79)/t34?,35?,37-/m0/s1. The summed E-state index contributed by atoms with van der Waals surface area (Å²) >= 11 is 6.80. The molecule has 480 valence electrons. The number of halogens is 11. The number of benzene rings is 3. The fourth-order valence-corrected chi connectivity index (χ4v) is 14.1. The molecule has 6 aromatic rings. The quantitative estimate of drug-likeness (QED) is 0.0331. The van der Waals surface area contributed by atoms with E-state index in [-0.39, 0.29) is 72.9 Å². The number of hydrogen-bond acceptors (Lipinski definition) is 12. The van der Waals surface area contributed by atoms with Crippen LogP contribution in [0, 0.1) is 24.5 Å². The van der Waals surface area contributed by atoms with Gasteiger partial charge in [0, 0.05) is 58.0 Å². The predicted molar refractivity (Wildman–Crippen MR) is 298 cm³/mol. The Kier molecular flexibility index (Phi) is 18.0. The monoisotopic (exact) mass is 1350 g/mol. The van der Waals surface area contributed by atoms with Gasteiger partial charge in [-0.1, -0.05) is 43.6 Å². The molecule has 0 spiro atoms. The van der Waals surface area contributed by atoms with Gasteiger partial charge in [0.05, 0.1) is 44.8 Å². The van der Waals surface area contributed by atoms with Gasteiger partial charge in [0.15, 0.2) is 21.3 Å². The second kappa shape index (κ2) is 23.4. The van der Waals surface area contributed by atoms with Crippen LogP contribution in [0.1, 0.15) is 116 Å². The molecule has 8 rings (SSSR count). The SMILES string of the molecule is Cc1cc(CP(=O)(O)O)cc(OP(=O)(O)O)c1C(C)(C)CC(=O)N(c1nn(CC(F)(F)F)c2c(-c3ccc(CCC(C)(C)S(C)(=O)=O)nc3[C@H](Cc3cc(F)cc(F)c3)NC(=O)Cn3nc(C(F)(F)F)c4c3C(F)(F)C3CCC43)ccc(Cl)c12)S(C)(=O)=O. The number of phosphoric ester groups is 1. The third-order valence-corrected chi connectivity index (χ3v) is 20.2. The first kappa shape index (κ1) is 67.9. The van der Waals surface area contributed by atoms with Gasteiger partial charge in [0.1, 0.15) is 36.2 Å². The van der Waals surface area contributed by atoms with Crippen molar-refractivity contribution in [2.24, 2.45) is 5.92 Å². The zero-order chi connectivity index (χ0) is 65.8. The Balaban J connectivity index is 1.33. The first-order valence-corrected chi connectivity index (χ1v) is 33.7. The highest BCUT2D eigenvalue weighted by molar-refractivity contribution is 7.93. The molecule has 5 N–H and O–H groups in total. The molecule has 0 saturated heterocycles. The molecule has 2 aliphatic carbocycles. The second-order valence-corrected chi connectivity index (χ2v) is 30.8. The minimum atomic E-state index is -5.51. The minimum absolute atomic E-state index is 0.000869. The maximum Gasteiger partial charge on any atom is 0.524 e. The summed E-state index contributed by atoms with van der Waals surface area (Å²) in [5.74, 6) is -13.7. The Hall–Kier alpha value is -5.98. The molecule has 3 heterocycles. The molecule has 20 nitrogen and oxygen atoms in total. The molecule has 35 heteroatoms. The van der Waals surface area contributed by atoms with Gasteiger partial charge in [-0.25, -0.2) is 30.2 Å². The maximum absolute atomic E-state index is 16.0. The van der Waals surface area contributed by atoms with Crippen LogP contribution in [0.15, 0.2) is 54.6 Å². The topological polar surface area (TPSA) is 291 Å². The molecule has 1 fully saturated rings. The Morgan fingerprint density at radius 2 is 1.50 bits per heavy atom. The normalized spacial score (nSPS) is 16.9. The molecule has 2 amide bonds. The van der Waals surface area contributed by atoms with Crippen molar-refractivity contribution < 1.29 is 104 Å². The number of carbonyl (C=O) groups is 2. The first-order valence-electron chi connectivity index (χ1n) is 26.3. The summed E-state index contributed by atoms with van der Waals surface area (Å²) in [7, 11) is -19.2. The van der Waals surface area contributed by atoms with Gasteiger partial charge >= 0.3 is 27.8 Å². The largest absolute Gasteiger partial charge is 0.524 e. The lowest BCUT2D eigenvalue weighted by atomic mass is 9.73. The van der Waals surface area contributed by atoms with Gasteiger partial charge in [0.25, 0.3) is 5.92 Å². The van der Waals surface area contributed by atoms with Gasteiger partial charge < -0.3 is 19.6 Å². The van der Waals surface area contributed by atoms with Crippen LogP contribution in [0.4, 0.5) is 49.7 Å². The number of aromatic nitrogens is 5. The van der Waals surface area contributed by atoms with Crippen LogP contribution >= 0.6 is 27.0 Å². The van der Waals surface area contributed by atoms with Gasteiger partial charge in [0.2, 0.25) is 21.8 Å². The number of nitrogens with zero attached hydrogens (tertiary/aromatic N) is 6. The van der Waals surface area contributed by atoms with Crippen molar-refractivity contribution in [1.29, 1.82) is 0 Å². The van der Waals surface area contributed by atoms with Gasteiger partial charge in [-0.2, -0.15) is 49.6 Å². The van der Waals surface area contributed by atoms with E-state index >= 15 is 17.6 Å². The number of amides is 2. The van der Waals surface area contributed by atoms with Crippen molar-refractivity contribution in [2.75, 3.05) is 16.8 Å². The Morgan fingerprint density at radius 1 is 0.875 bits per heavy atom. The number of hydrogen-bond donors (Lipinski definition) is 5. The third kappa shape index (κ3) is 14.4. The van der Waals surface area contributed by atoms with Crippen molar-refractivity contribution in [3.63, 3.8) is 0 Å². The van der Waals surface area contributed by atoms with Crippen molar-refractivity contribution in [3.8, 4) is 16.9 Å². The average molecular weight is 1350 g/mol. The number of carbonyl (C=O) groups excluding carboxylic acids is 2. The predicted octanol–water partition coefficient (Wildman–Crippen LogP) is 10.4. The zero-order valence-corrected chi connectivity index (χ0v) is 51.5. The molecule has 0 aliphatic heterocycles. The van der Waals surface area contributed by atoms with E-state index in [4.69, 9.17) is 21.1 Å². The van der Waals surface area contributed by atoms with Crippen molar-refractivity contribution in [1.82, 2.24) is 29.9 Å². The zero-order valence-electron chi connectivity index (χ0n) is 47.3. The molecule has 88 heavy (non-hydrogen) atoms. The van der Waals surface area contributed by atoms with Crippen LogP contribution in [-0.4, -0.2) is 96.2 Å². The molecule has 3 atom stereocenters. The highest BCUT2D eigenvalue weighted by Gasteiger charge is 2.64. The summed E-state index contributed by atoms with van der Waals surface area (Å²) < 4.78 is 232. The van der Waals surface area contributed by atoms with E-state index in [1.165, 1.54) is 52.8 Å². The summed E-state index contributed by atoms with van der Waals surface area (Å²) in [6.07, 6.45) is -12.4. The molecule has 3 aromatic heterocycles. The van der Waals surface area contributed by atoms with E-state index in [1.807, 2.05) is 0 Å². The molecule has 3 aromatic carbocycles. The lowest BCUT2D eigenvalue weighted by Gasteiger charge is -2.34. The third-order valence-electron chi connectivity index (χ3n) is 15.4. The summed E-state index contributed by atoms with van der Waals surface area (Å²) in [5, 5.41) is 8.67. The number of anilines is 1. The molecular weight excluding hydrogens is 1290 g/mol. The number of pyridine rings is 1. The van der Waals surface area contributed by atoms with Gasteiger partial charge in [-0.3, -0.25) is 38.3 Å². The highest BCUT2D eigenvalue weighted by Crippen LogP contribution is 2.64. The Labute approximate surface area is 501 Å². The number of alkyl halides is 8. The number of phosphoric acid groups is 1. The van der Waals surface area contributed by atoms with Crippen LogP contribution in [-0.2, 0) is 88.2 Å². The molecule has 1 saturated carbocycles. The van der Waals surface area contributed by atoms with E-state index in [0.29, 0.717) is 12.3 Å². The summed E-state index contributed by atoms with van der Waals surface area (Å²) in [4.78, 5) is 73.1. The number of sulfone groups is 1. The lowest BCUT2D eigenvalue weighted by Crippen LogP contribution is -2.40. The molecule has 0 bridgehead atoms. The van der Waals surface area contributed by atoms with Crippen LogP contribution in [0.2, 0.25) is 5.02 Å². The number of fused-ring (bicyclic) bond motifs is 4. The smallest absolute Gasteiger partial charge is 0.404 e. The van der Waals surface area contributed by atoms with Gasteiger partial charge in [-0.05, 0) is 106 Å². The van der Waals surface area contributed by atoms with Crippen LogP contribution in [0.25, 0.3) is 22.0 Å². The summed E-state index contributed by atoms with van der Waals surface area (Å²) in [5.41, 5.74) is -8.04. The van der Waals surface area contributed by atoms with E-state index < -0.39 is 193 Å². The van der Waals surface area contributed by atoms with E-state index in [9.17, 15) is 81.5 Å². The summed E-state index contributed by atoms with van der Waals surface area (Å²) in [6.45, 7) is 3.17.